The standard InChI is InChI=1S/C13H17N3O2/c14-12(17)5-7-16-13(18)11-3-1-2-9-8-15-6-4-10(9)11/h1-3,15H,4-8H2,(H2,14,17)(H,16,18). The summed E-state index contributed by atoms with van der Waals surface area (Å²) in [7, 11) is 0. The Labute approximate surface area is 106 Å². The van der Waals surface area contributed by atoms with Crippen LogP contribution in [0.25, 0.3) is 0 Å². The molecular weight excluding hydrogens is 230 g/mol. The van der Waals surface area contributed by atoms with Gasteiger partial charge in [-0.2, -0.15) is 0 Å². The third kappa shape index (κ3) is 2.87. The maximum atomic E-state index is 12.0. The lowest BCUT2D eigenvalue weighted by Crippen LogP contribution is -2.31. The summed E-state index contributed by atoms with van der Waals surface area (Å²) in [5.74, 6) is -0.537. The van der Waals surface area contributed by atoms with Crippen molar-refractivity contribution in [3.8, 4) is 0 Å². The molecule has 1 aromatic carbocycles. The van der Waals surface area contributed by atoms with Crippen LogP contribution in [0.5, 0.6) is 0 Å². The molecule has 0 saturated heterocycles. The number of benzene rings is 1. The SMILES string of the molecule is NC(=O)CCNC(=O)c1cccc2c1CCNC2. The lowest BCUT2D eigenvalue weighted by atomic mass is 9.95. The number of nitrogens with one attached hydrogen (secondary N) is 2. The fourth-order valence-corrected chi connectivity index (χ4v) is 2.14. The molecule has 0 fully saturated rings. The Morgan fingerprint density at radius 3 is 3.00 bits per heavy atom. The van der Waals surface area contributed by atoms with Crippen molar-refractivity contribution >= 4 is 11.8 Å². The lowest BCUT2D eigenvalue weighted by Gasteiger charge is -2.19. The Morgan fingerprint density at radius 2 is 2.22 bits per heavy atom. The van der Waals surface area contributed by atoms with Gasteiger partial charge in [-0.3, -0.25) is 9.59 Å². The van der Waals surface area contributed by atoms with Crippen molar-refractivity contribution in [3.63, 3.8) is 0 Å². The van der Waals surface area contributed by atoms with E-state index in [0.29, 0.717) is 5.56 Å². The monoisotopic (exact) mass is 247 g/mol. The van der Waals surface area contributed by atoms with Crippen LogP contribution in [-0.4, -0.2) is 24.9 Å². The molecule has 2 amide bonds. The van der Waals surface area contributed by atoms with E-state index in [1.165, 1.54) is 5.56 Å². The van der Waals surface area contributed by atoms with Gasteiger partial charge in [-0.25, -0.2) is 0 Å². The van der Waals surface area contributed by atoms with Crippen LogP contribution >= 0.6 is 0 Å². The smallest absolute Gasteiger partial charge is 0.251 e. The highest BCUT2D eigenvalue weighted by molar-refractivity contribution is 5.96. The number of carbonyl (C=O) groups excluding carboxylic acids is 2. The van der Waals surface area contributed by atoms with Crippen molar-refractivity contribution in [1.82, 2.24) is 10.6 Å². The maximum Gasteiger partial charge on any atom is 0.251 e. The number of carbonyl (C=O) groups is 2. The molecule has 0 spiro atoms. The van der Waals surface area contributed by atoms with E-state index in [2.05, 4.69) is 10.6 Å². The van der Waals surface area contributed by atoms with E-state index in [1.807, 2.05) is 18.2 Å². The van der Waals surface area contributed by atoms with Crippen LogP contribution < -0.4 is 16.4 Å². The fourth-order valence-electron chi connectivity index (χ4n) is 2.14. The summed E-state index contributed by atoms with van der Waals surface area (Å²) in [6.45, 7) is 1.98. The number of primary amides is 1. The summed E-state index contributed by atoms with van der Waals surface area (Å²) in [6.07, 6.45) is 1.02. The zero-order valence-corrected chi connectivity index (χ0v) is 10.2. The second-order valence-electron chi connectivity index (χ2n) is 4.34. The van der Waals surface area contributed by atoms with Crippen LogP contribution in [0.1, 0.15) is 27.9 Å². The highest BCUT2D eigenvalue weighted by Crippen LogP contribution is 2.18. The van der Waals surface area contributed by atoms with E-state index < -0.39 is 5.91 Å². The topological polar surface area (TPSA) is 84.2 Å². The van der Waals surface area contributed by atoms with Gasteiger partial charge in [0.15, 0.2) is 0 Å². The predicted molar refractivity (Wildman–Crippen MR) is 68.0 cm³/mol. The van der Waals surface area contributed by atoms with Crippen LogP contribution in [0.15, 0.2) is 18.2 Å². The molecule has 4 N–H and O–H groups in total. The van der Waals surface area contributed by atoms with Gasteiger partial charge in [0.25, 0.3) is 5.91 Å². The Morgan fingerprint density at radius 1 is 1.39 bits per heavy atom. The second kappa shape index (κ2) is 5.64. The molecule has 18 heavy (non-hydrogen) atoms. The highest BCUT2D eigenvalue weighted by Gasteiger charge is 2.16. The molecule has 5 heteroatoms. The fraction of sp³-hybridized carbons (Fsp3) is 0.385. The van der Waals surface area contributed by atoms with E-state index in [0.717, 1.165) is 25.1 Å². The quantitative estimate of drug-likeness (QED) is 0.696. The largest absolute Gasteiger partial charge is 0.370 e. The molecule has 0 unspecified atom stereocenters. The molecule has 0 aliphatic carbocycles. The molecule has 0 bridgehead atoms. The first-order chi connectivity index (χ1) is 8.68. The molecule has 0 aromatic heterocycles. The Balaban J connectivity index is 2.08. The first-order valence-corrected chi connectivity index (χ1v) is 6.06. The van der Waals surface area contributed by atoms with E-state index in [9.17, 15) is 9.59 Å². The minimum atomic E-state index is -0.408. The Hall–Kier alpha value is -1.88. The lowest BCUT2D eigenvalue weighted by molar-refractivity contribution is -0.117. The summed E-state index contributed by atoms with van der Waals surface area (Å²) in [5.41, 5.74) is 8.01. The van der Waals surface area contributed by atoms with Crippen molar-refractivity contribution in [3.05, 3.63) is 34.9 Å². The van der Waals surface area contributed by atoms with Crippen LogP contribution in [0.2, 0.25) is 0 Å². The number of amides is 2. The summed E-state index contributed by atoms with van der Waals surface area (Å²) in [4.78, 5) is 22.6. The minimum Gasteiger partial charge on any atom is -0.370 e. The van der Waals surface area contributed by atoms with Gasteiger partial charge in [0, 0.05) is 25.1 Å². The molecular formula is C13H17N3O2. The van der Waals surface area contributed by atoms with Crippen molar-refractivity contribution in [2.45, 2.75) is 19.4 Å². The summed E-state index contributed by atoms with van der Waals surface area (Å²) in [6, 6.07) is 5.74. The average molecular weight is 247 g/mol. The van der Waals surface area contributed by atoms with Gasteiger partial charge in [-0.05, 0) is 30.2 Å². The summed E-state index contributed by atoms with van der Waals surface area (Å²) >= 11 is 0. The molecule has 1 aromatic rings. The third-order valence-electron chi connectivity index (χ3n) is 3.04. The summed E-state index contributed by atoms with van der Waals surface area (Å²) in [5, 5.41) is 5.99. The molecule has 1 aliphatic rings. The Bertz CT molecular complexity index is 471. The van der Waals surface area contributed by atoms with E-state index in [-0.39, 0.29) is 18.9 Å². The first-order valence-electron chi connectivity index (χ1n) is 6.06. The highest BCUT2D eigenvalue weighted by atomic mass is 16.2. The number of fused-ring (bicyclic) bond motifs is 1. The normalized spacial score (nSPS) is 13.8. The molecule has 2 rings (SSSR count). The third-order valence-corrected chi connectivity index (χ3v) is 3.04. The number of rotatable bonds is 4. The summed E-state index contributed by atoms with van der Waals surface area (Å²) < 4.78 is 0. The van der Waals surface area contributed by atoms with Gasteiger partial charge in [0.1, 0.15) is 0 Å². The van der Waals surface area contributed by atoms with E-state index >= 15 is 0 Å². The van der Waals surface area contributed by atoms with Gasteiger partial charge in [-0.1, -0.05) is 12.1 Å². The molecule has 96 valence electrons. The molecule has 1 aliphatic heterocycles. The van der Waals surface area contributed by atoms with Crippen molar-refractivity contribution < 1.29 is 9.59 Å². The molecule has 0 radical (unpaired) electrons. The zero-order chi connectivity index (χ0) is 13.0. The predicted octanol–water partition coefficient (Wildman–Crippen LogP) is -0.0625. The van der Waals surface area contributed by atoms with E-state index in [1.54, 1.807) is 0 Å². The zero-order valence-electron chi connectivity index (χ0n) is 10.2. The van der Waals surface area contributed by atoms with Crippen molar-refractivity contribution in [2.75, 3.05) is 13.1 Å². The van der Waals surface area contributed by atoms with Gasteiger partial charge in [-0.15, -0.1) is 0 Å². The number of hydrogen-bond donors (Lipinski definition) is 3. The molecule has 1 heterocycles. The average Bonchev–Trinajstić information content (AvgIpc) is 2.37. The van der Waals surface area contributed by atoms with E-state index in [4.69, 9.17) is 5.73 Å². The first kappa shape index (κ1) is 12.6. The van der Waals surface area contributed by atoms with Crippen LogP contribution in [0.3, 0.4) is 0 Å². The number of nitrogens with two attached hydrogens (primary N) is 1. The van der Waals surface area contributed by atoms with Crippen molar-refractivity contribution in [1.29, 1.82) is 0 Å². The molecule has 0 atom stereocenters. The van der Waals surface area contributed by atoms with Crippen molar-refractivity contribution in [2.24, 2.45) is 5.73 Å². The Kier molecular flexibility index (Phi) is 3.94. The maximum absolute atomic E-state index is 12.0. The van der Waals surface area contributed by atoms with Gasteiger partial charge in [0.05, 0.1) is 0 Å². The molecule has 5 nitrogen and oxygen atoms in total. The van der Waals surface area contributed by atoms with Crippen LogP contribution in [-0.2, 0) is 17.8 Å². The van der Waals surface area contributed by atoms with Gasteiger partial charge < -0.3 is 16.4 Å². The van der Waals surface area contributed by atoms with Gasteiger partial charge in [0.2, 0.25) is 5.91 Å². The minimum absolute atomic E-state index is 0.130. The molecule has 0 saturated carbocycles. The number of hydrogen-bond acceptors (Lipinski definition) is 3. The second-order valence-corrected chi connectivity index (χ2v) is 4.34. The van der Waals surface area contributed by atoms with Gasteiger partial charge >= 0.3 is 0 Å². The van der Waals surface area contributed by atoms with Crippen LogP contribution in [0, 0.1) is 0 Å². The van der Waals surface area contributed by atoms with Crippen LogP contribution in [0.4, 0.5) is 0 Å².